The van der Waals surface area contributed by atoms with Gasteiger partial charge in [0.2, 0.25) is 0 Å². The molecule has 0 unspecified atom stereocenters. The number of anilines is 2. The third kappa shape index (κ3) is 4.63. The minimum Gasteiger partial charge on any atom is -0.356 e. The highest BCUT2D eigenvalue weighted by Gasteiger charge is 2.19. The first-order valence-electron chi connectivity index (χ1n) is 11.7. The van der Waals surface area contributed by atoms with Crippen molar-refractivity contribution in [2.45, 2.75) is 19.8 Å². The number of likely N-dealkylation sites (tertiary alicyclic amines) is 1. The Morgan fingerprint density at radius 2 is 2.03 bits per heavy atom. The zero-order chi connectivity index (χ0) is 23.5. The molecule has 8 heteroatoms. The lowest BCUT2D eigenvalue weighted by molar-refractivity contribution is 0.102. The second kappa shape index (κ2) is 9.61. The van der Waals surface area contributed by atoms with Gasteiger partial charge in [-0.05, 0) is 74.5 Å². The molecule has 0 atom stereocenters. The lowest BCUT2D eigenvalue weighted by Gasteiger charge is -2.32. The molecule has 2 fully saturated rings. The van der Waals surface area contributed by atoms with Crippen LogP contribution < -0.4 is 10.2 Å². The molecular formula is C26H29N7O. The van der Waals surface area contributed by atoms with Crippen molar-refractivity contribution in [1.82, 2.24) is 20.1 Å². The number of carbonyl (C=O) groups is 1. The Morgan fingerprint density at radius 1 is 1.21 bits per heavy atom. The maximum absolute atomic E-state index is 13.1. The van der Waals surface area contributed by atoms with E-state index < -0.39 is 0 Å². The summed E-state index contributed by atoms with van der Waals surface area (Å²) in [5, 5.41) is 11.0. The number of nitrogens with zero attached hydrogens (tertiary/aromatic N) is 5. The highest BCUT2D eigenvalue weighted by Crippen LogP contribution is 2.26. The molecule has 0 bridgehead atoms. The molecule has 5 rings (SSSR count). The van der Waals surface area contributed by atoms with Crippen LogP contribution in [0.4, 0.5) is 11.5 Å². The maximum Gasteiger partial charge on any atom is 0.276 e. The second-order valence-electron chi connectivity index (χ2n) is 8.87. The van der Waals surface area contributed by atoms with Crippen LogP contribution in [0.3, 0.4) is 0 Å². The fraction of sp³-hybridized carbons (Fsp3) is 0.308. The Labute approximate surface area is 199 Å². The van der Waals surface area contributed by atoms with Crippen molar-refractivity contribution in [3.63, 3.8) is 0 Å². The van der Waals surface area contributed by atoms with E-state index in [2.05, 4.69) is 55.0 Å². The topological polar surface area (TPSA) is 89.5 Å². The summed E-state index contributed by atoms with van der Waals surface area (Å²) in [7, 11) is 0. The van der Waals surface area contributed by atoms with Gasteiger partial charge in [0, 0.05) is 49.2 Å². The van der Waals surface area contributed by atoms with E-state index in [1.54, 1.807) is 12.3 Å². The molecule has 0 radical (unpaired) electrons. The van der Waals surface area contributed by atoms with Gasteiger partial charge in [0.1, 0.15) is 5.82 Å². The Morgan fingerprint density at radius 3 is 2.74 bits per heavy atom. The molecule has 4 heterocycles. The summed E-state index contributed by atoms with van der Waals surface area (Å²) in [5.74, 6) is 0.634. The highest BCUT2D eigenvalue weighted by molar-refractivity contribution is 6.11. The number of amides is 1. The molecule has 0 aliphatic carbocycles. The first-order chi connectivity index (χ1) is 16.6. The fourth-order valence-electron chi connectivity index (χ4n) is 4.24. The number of carbonyl (C=O) groups excluding carboxylic acids is 1. The number of rotatable bonds is 8. The van der Waals surface area contributed by atoms with Crippen LogP contribution in [0.1, 0.15) is 35.8 Å². The summed E-state index contributed by atoms with van der Waals surface area (Å²) in [6, 6.07) is 9.72. The number of hydrogen-bond acceptors (Lipinski definition) is 6. The quantitative estimate of drug-likeness (QED) is 0.394. The number of fused-ring (bicyclic) bond motifs is 1. The number of hydrogen-bond donors (Lipinski definition) is 2. The number of allylic oxidation sites excluding steroid dienone is 1. The van der Waals surface area contributed by atoms with E-state index in [4.69, 9.17) is 0 Å². The molecule has 1 amide bonds. The zero-order valence-electron chi connectivity index (χ0n) is 19.4. The average Bonchev–Trinajstić information content (AvgIpc) is 3.19. The van der Waals surface area contributed by atoms with Crippen LogP contribution in [0.2, 0.25) is 0 Å². The molecule has 0 spiro atoms. The molecule has 0 saturated carbocycles. The van der Waals surface area contributed by atoms with Crippen LogP contribution in [0.25, 0.3) is 16.5 Å². The van der Waals surface area contributed by atoms with E-state index in [9.17, 15) is 4.79 Å². The van der Waals surface area contributed by atoms with Gasteiger partial charge in [0.15, 0.2) is 5.69 Å². The minimum absolute atomic E-state index is 0.250. The van der Waals surface area contributed by atoms with Gasteiger partial charge in [-0.25, -0.2) is 4.98 Å². The molecule has 8 nitrogen and oxygen atoms in total. The van der Waals surface area contributed by atoms with Crippen molar-refractivity contribution in [2.75, 3.05) is 42.9 Å². The van der Waals surface area contributed by atoms with Crippen LogP contribution in [0.15, 0.2) is 59.4 Å². The number of H-pyrrole nitrogens is 1. The third-order valence-corrected chi connectivity index (χ3v) is 6.43. The molecule has 2 N–H and O–H groups in total. The summed E-state index contributed by atoms with van der Waals surface area (Å²) in [6.07, 6.45) is 8.11. The van der Waals surface area contributed by atoms with Gasteiger partial charge in [0.25, 0.3) is 5.91 Å². The first-order valence-corrected chi connectivity index (χ1v) is 11.7. The third-order valence-electron chi connectivity index (χ3n) is 6.43. The van der Waals surface area contributed by atoms with Gasteiger partial charge < -0.3 is 10.2 Å². The maximum atomic E-state index is 13.1. The van der Waals surface area contributed by atoms with E-state index in [0.717, 1.165) is 66.2 Å². The van der Waals surface area contributed by atoms with Crippen LogP contribution in [-0.4, -0.2) is 65.4 Å². The van der Waals surface area contributed by atoms with Crippen molar-refractivity contribution >= 4 is 40.6 Å². The van der Waals surface area contributed by atoms with Gasteiger partial charge in [-0.1, -0.05) is 12.1 Å². The monoisotopic (exact) mass is 455 g/mol. The van der Waals surface area contributed by atoms with Crippen LogP contribution in [0, 0.1) is 0 Å². The number of aromatic nitrogens is 3. The van der Waals surface area contributed by atoms with Crippen molar-refractivity contribution in [2.24, 2.45) is 4.99 Å². The lowest BCUT2D eigenvalue weighted by atomic mass is 10.0. The number of nitrogens with one attached hydrogen (secondary N) is 2. The smallest absolute Gasteiger partial charge is 0.276 e. The normalized spacial score (nSPS) is 16.8. The van der Waals surface area contributed by atoms with Crippen LogP contribution in [-0.2, 0) is 0 Å². The number of benzene rings is 1. The first kappa shape index (κ1) is 22.0. The van der Waals surface area contributed by atoms with Gasteiger partial charge in [-0.3, -0.25) is 19.8 Å². The summed E-state index contributed by atoms with van der Waals surface area (Å²) in [5.41, 5.74) is 5.15. The Balaban J connectivity index is 1.37. The SMILES string of the molecule is C=N/C=C(\C=C(/C)c1ccc2[nH]nc(C(=O)Nc3ccnc(N4CCC4)c3)c2c1)CN1CCC1. The highest BCUT2D eigenvalue weighted by atomic mass is 16.1. The Bertz CT molecular complexity index is 1280. The summed E-state index contributed by atoms with van der Waals surface area (Å²) in [6.45, 7) is 10.8. The van der Waals surface area contributed by atoms with E-state index in [-0.39, 0.29) is 5.91 Å². The fourth-order valence-corrected chi connectivity index (χ4v) is 4.24. The van der Waals surface area contributed by atoms with Crippen LogP contribution >= 0.6 is 0 Å². The largest absolute Gasteiger partial charge is 0.356 e. The summed E-state index contributed by atoms with van der Waals surface area (Å²) >= 11 is 0. The summed E-state index contributed by atoms with van der Waals surface area (Å²) in [4.78, 5) is 26.0. The number of aromatic amines is 1. The Hall–Kier alpha value is -3.78. The average molecular weight is 456 g/mol. The van der Waals surface area contributed by atoms with Gasteiger partial charge in [-0.2, -0.15) is 5.10 Å². The minimum atomic E-state index is -0.250. The molecule has 1 aromatic carbocycles. The number of aliphatic imine (C=N–C) groups is 1. The molecule has 2 aliphatic rings. The Kier molecular flexibility index (Phi) is 6.22. The second-order valence-corrected chi connectivity index (χ2v) is 8.87. The van der Waals surface area contributed by atoms with Crippen molar-refractivity contribution in [3.05, 3.63) is 65.6 Å². The van der Waals surface area contributed by atoms with Gasteiger partial charge >= 0.3 is 0 Å². The van der Waals surface area contributed by atoms with Crippen molar-refractivity contribution in [3.8, 4) is 0 Å². The van der Waals surface area contributed by atoms with Gasteiger partial charge in [-0.15, -0.1) is 0 Å². The van der Waals surface area contributed by atoms with Crippen molar-refractivity contribution in [1.29, 1.82) is 0 Å². The number of pyridine rings is 1. The molecule has 2 aliphatic heterocycles. The summed E-state index contributed by atoms with van der Waals surface area (Å²) < 4.78 is 0. The lowest BCUT2D eigenvalue weighted by Crippen LogP contribution is -2.38. The molecule has 3 aromatic rings. The molecule has 174 valence electrons. The van der Waals surface area contributed by atoms with E-state index in [1.807, 2.05) is 30.5 Å². The standard InChI is InChI=1S/C26H29N7O/c1-18(13-19(16-27-2)17-32-9-3-10-32)20-5-6-23-22(14-20)25(31-30-23)26(34)29-21-7-8-28-24(15-21)33-11-4-12-33/h5-8,13-16H,2-4,9-12,17H2,1H3,(H,30,31)(H,28,29,34)/b18-13+,19-16+. The van der Waals surface area contributed by atoms with E-state index in [0.29, 0.717) is 11.4 Å². The molecule has 34 heavy (non-hydrogen) atoms. The molecule has 2 saturated heterocycles. The molecular weight excluding hydrogens is 426 g/mol. The zero-order valence-corrected chi connectivity index (χ0v) is 19.4. The molecule has 2 aromatic heterocycles. The predicted molar refractivity (Wildman–Crippen MR) is 137 cm³/mol. The van der Waals surface area contributed by atoms with E-state index >= 15 is 0 Å². The van der Waals surface area contributed by atoms with Gasteiger partial charge in [0.05, 0.1) is 5.52 Å². The van der Waals surface area contributed by atoms with Crippen molar-refractivity contribution < 1.29 is 4.79 Å². The van der Waals surface area contributed by atoms with Crippen LogP contribution in [0.5, 0.6) is 0 Å². The predicted octanol–water partition coefficient (Wildman–Crippen LogP) is 4.11. The van der Waals surface area contributed by atoms with E-state index in [1.165, 1.54) is 12.8 Å².